The lowest BCUT2D eigenvalue weighted by atomic mass is 10.0. The first kappa shape index (κ1) is 16.1. The van der Waals surface area contributed by atoms with Crippen molar-refractivity contribution in [3.8, 4) is 0 Å². The monoisotopic (exact) mass is 317 g/mol. The zero-order valence-electron chi connectivity index (χ0n) is 10.8. The Bertz CT molecular complexity index is 512. The van der Waals surface area contributed by atoms with Gasteiger partial charge in [0.05, 0.1) is 16.4 Å². The quantitative estimate of drug-likeness (QED) is 0.431. The van der Waals surface area contributed by atoms with Gasteiger partial charge in [-0.15, -0.1) is 0 Å². The van der Waals surface area contributed by atoms with Crippen LogP contribution in [0.4, 0.5) is 5.69 Å². The van der Waals surface area contributed by atoms with E-state index in [9.17, 15) is 25.4 Å². The zero-order valence-corrected chi connectivity index (χ0v) is 11.6. The number of aliphatic hydroxyl groups excluding tert-OH is 4. The number of nitrogens with zero attached hydrogens (tertiary/aromatic N) is 1. The van der Waals surface area contributed by atoms with E-state index in [1.165, 1.54) is 18.2 Å². The third-order valence-corrected chi connectivity index (χ3v) is 4.37. The second kappa shape index (κ2) is 6.69. The van der Waals surface area contributed by atoms with Crippen LogP contribution in [0.15, 0.2) is 29.2 Å². The molecule has 0 aromatic heterocycles. The summed E-state index contributed by atoms with van der Waals surface area (Å²) < 4.78 is 5.30. The minimum absolute atomic E-state index is 0.153. The maximum Gasteiger partial charge on any atom is 0.282 e. The molecule has 0 saturated carbocycles. The molecular formula is C12H15NO7S. The van der Waals surface area contributed by atoms with Gasteiger partial charge in [-0.1, -0.05) is 23.9 Å². The molecule has 1 heterocycles. The molecule has 0 aliphatic carbocycles. The number of nitro groups is 1. The number of para-hydroxylation sites is 1. The molecule has 0 radical (unpaired) electrons. The molecule has 1 fully saturated rings. The first-order valence-corrected chi connectivity index (χ1v) is 7.04. The molecule has 1 saturated heterocycles. The number of hydrogen-bond acceptors (Lipinski definition) is 8. The lowest BCUT2D eigenvalue weighted by Gasteiger charge is -2.39. The van der Waals surface area contributed by atoms with Gasteiger partial charge in [-0.25, -0.2) is 0 Å². The van der Waals surface area contributed by atoms with Crippen LogP contribution in [0.2, 0.25) is 0 Å². The predicted molar refractivity (Wildman–Crippen MR) is 72.7 cm³/mol. The number of ether oxygens (including phenoxy) is 1. The van der Waals surface area contributed by atoms with Crippen LogP contribution in [0.1, 0.15) is 0 Å². The lowest BCUT2D eigenvalue weighted by molar-refractivity contribution is -0.387. The second-order valence-electron chi connectivity index (χ2n) is 4.54. The molecule has 0 unspecified atom stereocenters. The van der Waals surface area contributed by atoms with Crippen molar-refractivity contribution in [2.45, 2.75) is 34.7 Å². The van der Waals surface area contributed by atoms with Gasteiger partial charge < -0.3 is 25.2 Å². The summed E-state index contributed by atoms with van der Waals surface area (Å²) in [6.07, 6.45) is -5.43. The topological polar surface area (TPSA) is 133 Å². The van der Waals surface area contributed by atoms with Gasteiger partial charge in [0.25, 0.3) is 5.69 Å². The lowest BCUT2D eigenvalue weighted by Crippen LogP contribution is -2.57. The summed E-state index contributed by atoms with van der Waals surface area (Å²) in [5.74, 6) is 0. The van der Waals surface area contributed by atoms with Crippen LogP contribution in [0.3, 0.4) is 0 Å². The zero-order chi connectivity index (χ0) is 15.6. The molecule has 0 spiro atoms. The van der Waals surface area contributed by atoms with Crippen molar-refractivity contribution in [3.63, 3.8) is 0 Å². The molecule has 0 bridgehead atoms. The molecular weight excluding hydrogens is 302 g/mol. The first-order chi connectivity index (χ1) is 9.95. The Kier molecular flexibility index (Phi) is 5.14. The van der Waals surface area contributed by atoms with Gasteiger partial charge in [-0.3, -0.25) is 10.1 Å². The van der Waals surface area contributed by atoms with E-state index in [1.807, 2.05) is 0 Å². The number of benzene rings is 1. The van der Waals surface area contributed by atoms with E-state index in [2.05, 4.69) is 0 Å². The average Bonchev–Trinajstić information content (AvgIpc) is 2.48. The standard InChI is InChI=1S/C12H15NO7S/c14-5-7-9(15)10(16)11(17)12(20-7)21-8-4-2-1-3-6(8)13(18)19/h1-4,7,9-12,14-17H,5H2/t7-,9+,10+,11-,12-/m0/s1. The normalized spacial score (nSPS) is 32.9. The number of rotatable bonds is 4. The van der Waals surface area contributed by atoms with Crippen molar-refractivity contribution in [1.82, 2.24) is 0 Å². The molecule has 0 amide bonds. The van der Waals surface area contributed by atoms with E-state index in [0.29, 0.717) is 0 Å². The Morgan fingerprint density at radius 2 is 1.86 bits per heavy atom. The highest BCUT2D eigenvalue weighted by Gasteiger charge is 2.44. The molecule has 1 aromatic carbocycles. The fraction of sp³-hybridized carbons (Fsp3) is 0.500. The van der Waals surface area contributed by atoms with E-state index in [4.69, 9.17) is 9.84 Å². The Morgan fingerprint density at radius 3 is 2.48 bits per heavy atom. The summed E-state index contributed by atoms with van der Waals surface area (Å²) in [4.78, 5) is 10.6. The van der Waals surface area contributed by atoms with Gasteiger partial charge in [-0.2, -0.15) is 0 Å². The number of hydrogen-bond donors (Lipinski definition) is 4. The highest BCUT2D eigenvalue weighted by atomic mass is 32.2. The van der Waals surface area contributed by atoms with Crippen LogP contribution in [0, 0.1) is 10.1 Å². The van der Waals surface area contributed by atoms with Gasteiger partial charge in [0.1, 0.15) is 29.9 Å². The summed E-state index contributed by atoms with van der Waals surface area (Å²) >= 11 is 0.856. The Balaban J connectivity index is 2.20. The molecule has 1 aromatic rings. The van der Waals surface area contributed by atoms with Crippen LogP contribution < -0.4 is 0 Å². The molecule has 8 nitrogen and oxygen atoms in total. The summed E-state index contributed by atoms with van der Waals surface area (Å²) in [5, 5.41) is 49.3. The highest BCUT2D eigenvalue weighted by molar-refractivity contribution is 8.00. The fourth-order valence-electron chi connectivity index (χ4n) is 2.00. The minimum atomic E-state index is -1.50. The third-order valence-electron chi connectivity index (χ3n) is 3.15. The van der Waals surface area contributed by atoms with Crippen LogP contribution in [-0.2, 0) is 4.74 Å². The summed E-state index contributed by atoms with van der Waals surface area (Å²) in [7, 11) is 0. The summed E-state index contributed by atoms with van der Waals surface area (Å²) in [5.41, 5.74) is -1.19. The maximum absolute atomic E-state index is 10.9. The number of thioether (sulfide) groups is 1. The van der Waals surface area contributed by atoms with E-state index in [0.717, 1.165) is 11.8 Å². The molecule has 5 atom stereocenters. The van der Waals surface area contributed by atoms with Crippen LogP contribution >= 0.6 is 11.8 Å². The van der Waals surface area contributed by atoms with Crippen molar-refractivity contribution in [2.24, 2.45) is 0 Å². The van der Waals surface area contributed by atoms with Gasteiger partial charge >= 0.3 is 0 Å². The third kappa shape index (κ3) is 3.34. The second-order valence-corrected chi connectivity index (χ2v) is 5.68. The summed E-state index contributed by atoms with van der Waals surface area (Å²) in [6.45, 7) is -0.543. The Hall–Kier alpha value is -1.23. The van der Waals surface area contributed by atoms with E-state index in [1.54, 1.807) is 6.07 Å². The van der Waals surface area contributed by atoms with Gasteiger partial charge in [0, 0.05) is 6.07 Å². The van der Waals surface area contributed by atoms with Gasteiger partial charge in [-0.05, 0) is 6.07 Å². The van der Waals surface area contributed by atoms with Crippen molar-refractivity contribution >= 4 is 17.4 Å². The van der Waals surface area contributed by atoms with E-state index in [-0.39, 0.29) is 10.6 Å². The van der Waals surface area contributed by atoms with Crippen molar-refractivity contribution in [3.05, 3.63) is 34.4 Å². The largest absolute Gasteiger partial charge is 0.394 e. The van der Waals surface area contributed by atoms with Gasteiger partial charge in [0.2, 0.25) is 0 Å². The minimum Gasteiger partial charge on any atom is -0.394 e. The summed E-state index contributed by atoms with van der Waals surface area (Å²) in [6, 6.07) is 5.91. The number of aliphatic hydroxyl groups is 4. The van der Waals surface area contributed by atoms with E-state index < -0.39 is 41.4 Å². The molecule has 9 heteroatoms. The van der Waals surface area contributed by atoms with Crippen LogP contribution in [-0.4, -0.2) is 61.8 Å². The first-order valence-electron chi connectivity index (χ1n) is 6.16. The SMILES string of the molecule is O=[N+]([O-])c1ccccc1S[C@@H]1O[C@@H](CO)[C@@H](O)[C@@H](O)[C@@H]1O. The molecule has 4 N–H and O–H groups in total. The smallest absolute Gasteiger partial charge is 0.282 e. The average molecular weight is 317 g/mol. The maximum atomic E-state index is 10.9. The van der Waals surface area contributed by atoms with Crippen molar-refractivity contribution < 1.29 is 30.1 Å². The van der Waals surface area contributed by atoms with Crippen LogP contribution in [0.25, 0.3) is 0 Å². The van der Waals surface area contributed by atoms with Gasteiger partial charge in [0.15, 0.2) is 0 Å². The molecule has 116 valence electrons. The van der Waals surface area contributed by atoms with E-state index >= 15 is 0 Å². The fourth-order valence-corrected chi connectivity index (χ4v) is 3.17. The van der Waals surface area contributed by atoms with Crippen molar-refractivity contribution in [1.29, 1.82) is 0 Å². The predicted octanol–water partition coefficient (Wildman–Crippen LogP) is -0.513. The molecule has 1 aliphatic heterocycles. The van der Waals surface area contributed by atoms with Crippen LogP contribution in [0.5, 0.6) is 0 Å². The molecule has 1 aliphatic rings. The Labute approximate surface area is 124 Å². The molecule has 21 heavy (non-hydrogen) atoms. The number of nitro benzene ring substituents is 1. The molecule has 2 rings (SSSR count). The Morgan fingerprint density at radius 1 is 1.19 bits per heavy atom. The van der Waals surface area contributed by atoms with Crippen molar-refractivity contribution in [2.75, 3.05) is 6.61 Å². The highest BCUT2D eigenvalue weighted by Crippen LogP contribution is 2.37.